The minimum absolute atomic E-state index is 0.0247. The van der Waals surface area contributed by atoms with E-state index in [1.807, 2.05) is 6.92 Å². The molecule has 0 radical (unpaired) electrons. The van der Waals surface area contributed by atoms with Crippen molar-refractivity contribution in [3.8, 4) is 11.3 Å². The molecule has 1 fully saturated rings. The first-order valence-corrected chi connectivity index (χ1v) is 8.67. The normalized spacial score (nSPS) is 20.2. The molecular weight excluding hydrogens is 339 g/mol. The molecule has 1 saturated heterocycles. The summed E-state index contributed by atoms with van der Waals surface area (Å²) in [6.07, 6.45) is 3.18. The van der Waals surface area contributed by atoms with Crippen LogP contribution >= 0.6 is 0 Å². The van der Waals surface area contributed by atoms with Crippen LogP contribution in [0.15, 0.2) is 34.9 Å². The van der Waals surface area contributed by atoms with Gasteiger partial charge in [-0.2, -0.15) is 0 Å². The van der Waals surface area contributed by atoms with Gasteiger partial charge in [0.2, 0.25) is 5.91 Å². The van der Waals surface area contributed by atoms with E-state index < -0.39 is 17.7 Å². The van der Waals surface area contributed by atoms with Crippen molar-refractivity contribution in [1.82, 2.24) is 9.88 Å². The van der Waals surface area contributed by atoms with Gasteiger partial charge in [-0.1, -0.05) is 12.1 Å². The van der Waals surface area contributed by atoms with Crippen molar-refractivity contribution in [3.63, 3.8) is 0 Å². The highest BCUT2D eigenvalue weighted by atomic mass is 19.1. The van der Waals surface area contributed by atoms with Crippen molar-refractivity contribution in [3.05, 3.63) is 42.2 Å². The number of oxazole rings is 1. The molecule has 1 N–H and O–H groups in total. The minimum atomic E-state index is -0.864. The van der Waals surface area contributed by atoms with Gasteiger partial charge >= 0.3 is 5.97 Å². The fourth-order valence-electron chi connectivity index (χ4n) is 3.22. The summed E-state index contributed by atoms with van der Waals surface area (Å²) in [5.74, 6) is -1.21. The molecule has 0 saturated carbocycles. The quantitative estimate of drug-likeness (QED) is 0.886. The predicted octanol–water partition coefficient (Wildman–Crippen LogP) is 3.13. The lowest BCUT2D eigenvalue weighted by molar-refractivity contribution is -0.147. The second-order valence-electron chi connectivity index (χ2n) is 6.61. The van der Waals surface area contributed by atoms with Crippen LogP contribution in [-0.4, -0.2) is 39.5 Å². The molecule has 1 aromatic carbocycles. The van der Waals surface area contributed by atoms with Gasteiger partial charge in [0.1, 0.15) is 5.82 Å². The Hall–Kier alpha value is -2.70. The first-order valence-electron chi connectivity index (χ1n) is 8.67. The predicted molar refractivity (Wildman–Crippen MR) is 91.8 cm³/mol. The number of carboxylic acids is 1. The Labute approximate surface area is 150 Å². The minimum Gasteiger partial charge on any atom is -0.481 e. The highest BCUT2D eigenvalue weighted by molar-refractivity contribution is 5.78. The molecule has 1 aromatic heterocycles. The maximum atomic E-state index is 13.8. The number of amides is 1. The molecule has 1 aliphatic heterocycles. The number of carbonyl (C=O) groups is 2. The third-order valence-electron chi connectivity index (χ3n) is 4.80. The molecule has 2 atom stereocenters. The number of carbonyl (C=O) groups excluding carboxylic acids is 1. The number of piperidine rings is 1. The second kappa shape index (κ2) is 7.68. The summed E-state index contributed by atoms with van der Waals surface area (Å²) in [5, 5.41) is 9.17. The fraction of sp³-hybridized carbons (Fsp3) is 0.421. The lowest BCUT2D eigenvalue weighted by atomic mass is 9.93. The largest absolute Gasteiger partial charge is 0.481 e. The van der Waals surface area contributed by atoms with Crippen LogP contribution in [0.3, 0.4) is 0 Å². The van der Waals surface area contributed by atoms with Gasteiger partial charge in [0.25, 0.3) is 0 Å². The zero-order valence-electron chi connectivity index (χ0n) is 14.5. The van der Waals surface area contributed by atoms with E-state index in [4.69, 9.17) is 4.42 Å². The second-order valence-corrected chi connectivity index (χ2v) is 6.61. The van der Waals surface area contributed by atoms with Crippen molar-refractivity contribution in [2.24, 2.45) is 5.92 Å². The van der Waals surface area contributed by atoms with Crippen molar-refractivity contribution < 1.29 is 23.5 Å². The number of likely N-dealkylation sites (tertiary alicyclic amines) is 1. The maximum Gasteiger partial charge on any atom is 0.308 e. The number of nitrogens with zero attached hydrogens (tertiary/aromatic N) is 2. The zero-order chi connectivity index (χ0) is 18.7. The van der Waals surface area contributed by atoms with Gasteiger partial charge in [0, 0.05) is 25.4 Å². The van der Waals surface area contributed by atoms with E-state index in [0.29, 0.717) is 30.1 Å². The van der Waals surface area contributed by atoms with Crippen molar-refractivity contribution in [1.29, 1.82) is 0 Å². The van der Waals surface area contributed by atoms with E-state index in [0.717, 1.165) is 0 Å². The summed E-state index contributed by atoms with van der Waals surface area (Å²) >= 11 is 0. The summed E-state index contributed by atoms with van der Waals surface area (Å²) in [5.41, 5.74) is 0.325. The third kappa shape index (κ3) is 3.92. The Morgan fingerprint density at radius 3 is 2.85 bits per heavy atom. The molecule has 138 valence electrons. The summed E-state index contributed by atoms with van der Waals surface area (Å²) in [4.78, 5) is 29.4. The van der Waals surface area contributed by atoms with Crippen LogP contribution in [0.2, 0.25) is 0 Å². The molecule has 2 unspecified atom stereocenters. The smallest absolute Gasteiger partial charge is 0.308 e. The molecule has 26 heavy (non-hydrogen) atoms. The molecule has 7 heteroatoms. The number of carboxylic acid groups (broad SMARTS) is 1. The summed E-state index contributed by atoms with van der Waals surface area (Å²) in [6, 6.07) is 6.28. The van der Waals surface area contributed by atoms with Crippen LogP contribution < -0.4 is 0 Å². The van der Waals surface area contributed by atoms with Gasteiger partial charge in [0.05, 0.1) is 17.7 Å². The Morgan fingerprint density at radius 2 is 2.12 bits per heavy atom. The SMILES string of the molecule is CC1CCC(C(=O)O)CN1C(=O)CCc1ncc(-c2ccccc2F)o1. The summed E-state index contributed by atoms with van der Waals surface area (Å²) in [6.45, 7) is 2.17. The van der Waals surface area contributed by atoms with Crippen molar-refractivity contribution in [2.75, 3.05) is 6.54 Å². The molecule has 6 nitrogen and oxygen atoms in total. The first kappa shape index (κ1) is 18.1. The number of hydrogen-bond acceptors (Lipinski definition) is 4. The van der Waals surface area contributed by atoms with E-state index in [2.05, 4.69) is 4.98 Å². The van der Waals surface area contributed by atoms with Gasteiger partial charge in [-0.25, -0.2) is 9.37 Å². The zero-order valence-corrected chi connectivity index (χ0v) is 14.5. The standard InChI is InChI=1S/C19H21FN2O4/c1-12-6-7-13(19(24)25)11-22(12)18(23)9-8-17-21-10-16(26-17)14-4-2-3-5-15(14)20/h2-5,10,12-13H,6-9,11H2,1H3,(H,24,25). The Kier molecular flexibility index (Phi) is 5.35. The summed E-state index contributed by atoms with van der Waals surface area (Å²) in [7, 11) is 0. The van der Waals surface area contributed by atoms with Crippen LogP contribution in [0, 0.1) is 11.7 Å². The molecule has 1 amide bonds. The Balaban J connectivity index is 1.61. The first-order chi connectivity index (χ1) is 12.5. The van der Waals surface area contributed by atoms with Crippen LogP contribution in [0.4, 0.5) is 4.39 Å². The fourth-order valence-corrected chi connectivity index (χ4v) is 3.22. The van der Waals surface area contributed by atoms with Gasteiger partial charge in [-0.15, -0.1) is 0 Å². The third-order valence-corrected chi connectivity index (χ3v) is 4.80. The molecule has 3 rings (SSSR count). The number of rotatable bonds is 5. The number of halogens is 1. The van der Waals surface area contributed by atoms with Crippen LogP contribution in [0.1, 0.15) is 32.1 Å². The monoisotopic (exact) mass is 360 g/mol. The Bertz CT molecular complexity index is 804. The van der Waals surface area contributed by atoms with Gasteiger partial charge < -0.3 is 14.4 Å². The average Bonchev–Trinajstić information content (AvgIpc) is 3.09. The van der Waals surface area contributed by atoms with Gasteiger partial charge in [0.15, 0.2) is 11.7 Å². The maximum absolute atomic E-state index is 13.8. The van der Waals surface area contributed by atoms with Crippen molar-refractivity contribution >= 4 is 11.9 Å². The number of aliphatic carboxylic acids is 1. The lowest BCUT2D eigenvalue weighted by Gasteiger charge is -2.36. The molecular formula is C19H21FN2O4. The van der Waals surface area contributed by atoms with Crippen LogP contribution in [0.5, 0.6) is 0 Å². The van der Waals surface area contributed by atoms with E-state index in [9.17, 15) is 19.1 Å². The van der Waals surface area contributed by atoms with Crippen molar-refractivity contribution in [2.45, 2.75) is 38.6 Å². The number of hydrogen-bond donors (Lipinski definition) is 1. The molecule has 1 aliphatic rings. The number of aromatic nitrogens is 1. The lowest BCUT2D eigenvalue weighted by Crippen LogP contribution is -2.47. The number of benzene rings is 1. The Morgan fingerprint density at radius 1 is 1.35 bits per heavy atom. The van der Waals surface area contributed by atoms with E-state index in [1.165, 1.54) is 12.3 Å². The molecule has 2 aromatic rings. The van der Waals surface area contributed by atoms with Crippen LogP contribution in [0.25, 0.3) is 11.3 Å². The molecule has 0 spiro atoms. The highest BCUT2D eigenvalue weighted by Gasteiger charge is 2.32. The van der Waals surface area contributed by atoms with Gasteiger partial charge in [-0.3, -0.25) is 9.59 Å². The van der Waals surface area contributed by atoms with E-state index in [1.54, 1.807) is 23.1 Å². The van der Waals surface area contributed by atoms with E-state index in [-0.39, 0.29) is 31.3 Å². The summed E-state index contributed by atoms with van der Waals surface area (Å²) < 4.78 is 19.3. The van der Waals surface area contributed by atoms with Crippen LogP contribution in [-0.2, 0) is 16.0 Å². The topological polar surface area (TPSA) is 83.6 Å². The molecule has 0 bridgehead atoms. The number of aryl methyl sites for hydroxylation is 1. The molecule has 0 aliphatic carbocycles. The average molecular weight is 360 g/mol. The van der Waals surface area contributed by atoms with E-state index >= 15 is 0 Å². The molecule has 2 heterocycles. The van der Waals surface area contributed by atoms with Gasteiger partial charge in [-0.05, 0) is 31.9 Å². The highest BCUT2D eigenvalue weighted by Crippen LogP contribution is 2.25.